The molecule has 19 heavy (non-hydrogen) atoms. The van der Waals surface area contributed by atoms with Gasteiger partial charge in [-0.1, -0.05) is 6.92 Å². The molecular weight excluding hydrogens is 256 g/mol. The molecule has 1 amide bonds. The van der Waals surface area contributed by atoms with E-state index >= 15 is 0 Å². The number of hydrogen-bond acceptors (Lipinski definition) is 3. The molecule has 1 saturated heterocycles. The van der Waals surface area contributed by atoms with Gasteiger partial charge < -0.3 is 10.6 Å². The number of aryl methyl sites for hydroxylation is 1. The maximum absolute atomic E-state index is 12.1. The summed E-state index contributed by atoms with van der Waals surface area (Å²) in [5, 5.41) is 6.47. The third-order valence-corrected chi connectivity index (χ3v) is 4.48. The van der Waals surface area contributed by atoms with Crippen LogP contribution in [0, 0.1) is 6.92 Å². The third kappa shape index (κ3) is 3.90. The molecule has 0 spiro atoms. The number of benzene rings is 1. The van der Waals surface area contributed by atoms with Gasteiger partial charge in [0, 0.05) is 29.6 Å². The van der Waals surface area contributed by atoms with E-state index in [0.29, 0.717) is 6.04 Å². The van der Waals surface area contributed by atoms with Crippen molar-refractivity contribution in [3.8, 4) is 0 Å². The van der Waals surface area contributed by atoms with E-state index in [0.717, 1.165) is 47.7 Å². The van der Waals surface area contributed by atoms with E-state index in [-0.39, 0.29) is 5.91 Å². The van der Waals surface area contributed by atoms with Gasteiger partial charge in [0.15, 0.2) is 0 Å². The Hall–Kier alpha value is -1.16. The Balaban J connectivity index is 1.99. The van der Waals surface area contributed by atoms with Crippen LogP contribution in [0.15, 0.2) is 18.2 Å². The molecule has 3 nitrogen and oxygen atoms in total. The molecule has 1 atom stereocenters. The molecule has 0 radical (unpaired) electrons. The fraction of sp³-hybridized carbons (Fsp3) is 0.533. The second-order valence-electron chi connectivity index (χ2n) is 4.99. The van der Waals surface area contributed by atoms with Crippen molar-refractivity contribution >= 4 is 23.4 Å². The van der Waals surface area contributed by atoms with E-state index < -0.39 is 0 Å². The van der Waals surface area contributed by atoms with Crippen molar-refractivity contribution < 1.29 is 4.79 Å². The highest BCUT2D eigenvalue weighted by Gasteiger charge is 2.18. The molecule has 2 rings (SSSR count). The number of hydrogen-bond donors (Lipinski definition) is 2. The highest BCUT2D eigenvalue weighted by Crippen LogP contribution is 2.19. The highest BCUT2D eigenvalue weighted by molar-refractivity contribution is 7.99. The zero-order valence-corrected chi connectivity index (χ0v) is 12.5. The van der Waals surface area contributed by atoms with Crippen LogP contribution in [0.2, 0.25) is 0 Å². The lowest BCUT2D eigenvalue weighted by atomic mass is 10.1. The van der Waals surface area contributed by atoms with Crippen LogP contribution in [0.25, 0.3) is 0 Å². The lowest BCUT2D eigenvalue weighted by Gasteiger charge is -2.13. The van der Waals surface area contributed by atoms with Crippen molar-refractivity contribution in [2.45, 2.75) is 32.7 Å². The predicted molar refractivity (Wildman–Crippen MR) is 83.2 cm³/mol. The molecule has 0 aromatic heterocycles. The van der Waals surface area contributed by atoms with Crippen molar-refractivity contribution in [1.29, 1.82) is 0 Å². The summed E-state index contributed by atoms with van der Waals surface area (Å²) in [6.07, 6.45) is 2.19. The number of carbonyl (C=O) groups is 1. The zero-order chi connectivity index (χ0) is 13.7. The standard InChI is InChI=1S/C15H22N2OS/c1-3-7-16-14-5-4-12(9-11(14)2)15(18)17-13-6-8-19-10-13/h4-5,9,13,16H,3,6-8,10H2,1-2H3,(H,17,18). The van der Waals surface area contributed by atoms with Crippen LogP contribution in [0.1, 0.15) is 35.7 Å². The maximum atomic E-state index is 12.1. The van der Waals surface area contributed by atoms with Crippen LogP contribution in [0.5, 0.6) is 0 Å². The van der Waals surface area contributed by atoms with E-state index in [9.17, 15) is 4.79 Å². The Morgan fingerprint density at radius 3 is 2.95 bits per heavy atom. The van der Waals surface area contributed by atoms with Gasteiger partial charge >= 0.3 is 0 Å². The summed E-state index contributed by atoms with van der Waals surface area (Å²) < 4.78 is 0. The van der Waals surface area contributed by atoms with Gasteiger partial charge in [-0.2, -0.15) is 11.8 Å². The molecule has 1 heterocycles. The van der Waals surface area contributed by atoms with Gasteiger partial charge in [-0.3, -0.25) is 4.79 Å². The van der Waals surface area contributed by atoms with Crippen molar-refractivity contribution in [2.75, 3.05) is 23.4 Å². The summed E-state index contributed by atoms with van der Waals surface area (Å²) in [6.45, 7) is 5.15. The van der Waals surface area contributed by atoms with Gasteiger partial charge in [0.25, 0.3) is 5.91 Å². The van der Waals surface area contributed by atoms with E-state index in [4.69, 9.17) is 0 Å². The van der Waals surface area contributed by atoms with Crippen LogP contribution in [0.3, 0.4) is 0 Å². The van der Waals surface area contributed by atoms with Gasteiger partial charge in [0.05, 0.1) is 0 Å². The number of thioether (sulfide) groups is 1. The highest BCUT2D eigenvalue weighted by atomic mass is 32.2. The Kier molecular flexibility index (Phi) is 5.14. The summed E-state index contributed by atoms with van der Waals surface area (Å²) >= 11 is 1.91. The predicted octanol–water partition coefficient (Wildman–Crippen LogP) is 3.05. The van der Waals surface area contributed by atoms with Gasteiger partial charge in [0.1, 0.15) is 0 Å². The van der Waals surface area contributed by atoms with Gasteiger partial charge in [-0.25, -0.2) is 0 Å². The molecular formula is C15H22N2OS. The molecule has 1 aromatic rings. The number of anilines is 1. The minimum atomic E-state index is 0.0534. The molecule has 0 aliphatic carbocycles. The molecule has 4 heteroatoms. The summed E-state index contributed by atoms with van der Waals surface area (Å²) in [4.78, 5) is 12.1. The molecule has 1 aromatic carbocycles. The topological polar surface area (TPSA) is 41.1 Å². The van der Waals surface area contributed by atoms with Crippen molar-refractivity contribution in [2.24, 2.45) is 0 Å². The largest absolute Gasteiger partial charge is 0.385 e. The van der Waals surface area contributed by atoms with E-state index in [1.165, 1.54) is 0 Å². The van der Waals surface area contributed by atoms with E-state index in [2.05, 4.69) is 17.6 Å². The van der Waals surface area contributed by atoms with Crippen molar-refractivity contribution in [3.63, 3.8) is 0 Å². The van der Waals surface area contributed by atoms with E-state index in [1.54, 1.807) is 0 Å². The Morgan fingerprint density at radius 1 is 1.47 bits per heavy atom. The van der Waals surface area contributed by atoms with Crippen LogP contribution in [-0.4, -0.2) is 30.0 Å². The number of nitrogens with one attached hydrogen (secondary N) is 2. The summed E-state index contributed by atoms with van der Waals surface area (Å²) in [5.41, 5.74) is 3.01. The fourth-order valence-electron chi connectivity index (χ4n) is 2.18. The summed E-state index contributed by atoms with van der Waals surface area (Å²) in [5.74, 6) is 2.25. The minimum Gasteiger partial charge on any atom is -0.385 e. The average molecular weight is 278 g/mol. The fourth-order valence-corrected chi connectivity index (χ4v) is 3.33. The van der Waals surface area contributed by atoms with Crippen LogP contribution >= 0.6 is 11.8 Å². The van der Waals surface area contributed by atoms with Crippen LogP contribution in [0.4, 0.5) is 5.69 Å². The maximum Gasteiger partial charge on any atom is 0.251 e. The molecule has 0 saturated carbocycles. The first kappa shape index (κ1) is 14.3. The van der Waals surface area contributed by atoms with Gasteiger partial charge in [-0.05, 0) is 49.3 Å². The quantitative estimate of drug-likeness (QED) is 0.870. The molecule has 1 fully saturated rings. The molecule has 1 unspecified atom stereocenters. The monoisotopic (exact) mass is 278 g/mol. The lowest BCUT2D eigenvalue weighted by Crippen LogP contribution is -2.34. The van der Waals surface area contributed by atoms with Gasteiger partial charge in [-0.15, -0.1) is 0 Å². The zero-order valence-electron chi connectivity index (χ0n) is 11.7. The summed E-state index contributed by atoms with van der Waals surface area (Å²) in [7, 11) is 0. The lowest BCUT2D eigenvalue weighted by molar-refractivity contribution is 0.0941. The first-order valence-corrected chi connectivity index (χ1v) is 8.09. The smallest absolute Gasteiger partial charge is 0.251 e. The second kappa shape index (κ2) is 6.85. The Bertz CT molecular complexity index is 442. The SMILES string of the molecule is CCCNc1ccc(C(=O)NC2CCSC2)cc1C. The van der Waals surface area contributed by atoms with Crippen LogP contribution in [-0.2, 0) is 0 Å². The number of carbonyl (C=O) groups excluding carboxylic acids is 1. The number of rotatable bonds is 5. The normalized spacial score (nSPS) is 18.3. The minimum absolute atomic E-state index is 0.0534. The molecule has 104 valence electrons. The Labute approximate surface area is 119 Å². The van der Waals surface area contributed by atoms with E-state index in [1.807, 2.05) is 36.9 Å². The molecule has 1 aliphatic heterocycles. The molecule has 2 N–H and O–H groups in total. The Morgan fingerprint density at radius 2 is 2.32 bits per heavy atom. The first-order valence-electron chi connectivity index (χ1n) is 6.94. The van der Waals surface area contributed by atoms with Crippen molar-refractivity contribution in [1.82, 2.24) is 5.32 Å². The third-order valence-electron chi connectivity index (χ3n) is 3.32. The first-order chi connectivity index (χ1) is 9.20. The van der Waals surface area contributed by atoms with Crippen LogP contribution < -0.4 is 10.6 Å². The average Bonchev–Trinajstić information content (AvgIpc) is 2.90. The van der Waals surface area contributed by atoms with Crippen molar-refractivity contribution in [3.05, 3.63) is 29.3 Å². The molecule has 0 bridgehead atoms. The van der Waals surface area contributed by atoms with Gasteiger partial charge in [0.2, 0.25) is 0 Å². The molecule has 1 aliphatic rings. The number of amides is 1. The summed E-state index contributed by atoms with van der Waals surface area (Å²) in [6, 6.07) is 6.22. The second-order valence-corrected chi connectivity index (χ2v) is 6.14.